The molecule has 3 aromatic rings. The lowest BCUT2D eigenvalue weighted by Crippen LogP contribution is -2.47. The number of nitrogens with zero attached hydrogens (tertiary/aromatic N) is 5. The number of hydrogen-bond donors (Lipinski definition) is 2. The van der Waals surface area contributed by atoms with Gasteiger partial charge in [0.1, 0.15) is 17.7 Å². The summed E-state index contributed by atoms with van der Waals surface area (Å²) >= 11 is 12.8. The number of aromatic nitrogens is 5. The molecule has 1 amide bonds. The molecule has 0 radical (unpaired) electrons. The second-order valence-corrected chi connectivity index (χ2v) is 12.1. The van der Waals surface area contributed by atoms with E-state index in [-0.39, 0.29) is 44.8 Å². The van der Waals surface area contributed by atoms with E-state index in [1.54, 1.807) is 54.5 Å². The summed E-state index contributed by atoms with van der Waals surface area (Å²) in [5.74, 6) is -1.75. The predicted octanol–water partition coefficient (Wildman–Crippen LogP) is 3.62. The summed E-state index contributed by atoms with van der Waals surface area (Å²) in [6.07, 6.45) is -0.808. The van der Waals surface area contributed by atoms with Crippen LogP contribution in [0.4, 0.5) is 4.79 Å². The van der Waals surface area contributed by atoms with Crippen molar-refractivity contribution in [1.29, 1.82) is 5.26 Å². The fraction of sp³-hybridized carbons (Fsp3) is 0.429. The monoisotopic (exact) mass is 663 g/mol. The standard InChI is InChI=1S/C28H31Cl2N7O8/c1-13(2)16-10-20(35-36(24(16)39)12-43-25(40)21(14(3)4)32-27(42)45-28(5,6)7)44-22-17(29)8-15(9-18(22)30)37-26(41)33-23(38)19(11-31)34-37/h8-10,13-14,21H,12H2,1-7H3,(H,32,42)(H,33,38,41). The molecular formula is C28H31Cl2N7O8. The Kier molecular flexibility index (Phi) is 10.8. The minimum absolute atomic E-state index is 0.0162. The van der Waals surface area contributed by atoms with E-state index >= 15 is 0 Å². The van der Waals surface area contributed by atoms with Gasteiger partial charge in [-0.05, 0) is 44.7 Å². The van der Waals surface area contributed by atoms with Crippen molar-refractivity contribution in [2.45, 2.75) is 72.8 Å². The van der Waals surface area contributed by atoms with Crippen molar-refractivity contribution in [2.75, 3.05) is 0 Å². The largest absolute Gasteiger partial charge is 0.444 e. The molecule has 0 aliphatic carbocycles. The third kappa shape index (κ3) is 8.70. The zero-order valence-electron chi connectivity index (χ0n) is 25.4. The number of esters is 1. The highest BCUT2D eigenvalue weighted by Crippen LogP contribution is 2.37. The number of alkyl carbamates (subject to hydrolysis) is 1. The molecular weight excluding hydrogens is 633 g/mol. The molecule has 1 atom stereocenters. The van der Waals surface area contributed by atoms with Gasteiger partial charge in [-0.25, -0.2) is 14.4 Å². The van der Waals surface area contributed by atoms with Gasteiger partial charge in [0.2, 0.25) is 11.6 Å². The van der Waals surface area contributed by atoms with Gasteiger partial charge in [-0.15, -0.1) is 10.2 Å². The highest BCUT2D eigenvalue weighted by Gasteiger charge is 2.29. The lowest BCUT2D eigenvalue weighted by Gasteiger charge is -2.24. The molecule has 17 heteroatoms. The van der Waals surface area contributed by atoms with Crippen LogP contribution in [-0.2, 0) is 21.0 Å². The highest BCUT2D eigenvalue weighted by molar-refractivity contribution is 6.37. The minimum atomic E-state index is -1.08. The van der Waals surface area contributed by atoms with Crippen LogP contribution in [0.15, 0.2) is 32.6 Å². The molecule has 0 saturated carbocycles. The first-order valence-corrected chi connectivity index (χ1v) is 14.3. The molecule has 2 N–H and O–H groups in total. The van der Waals surface area contributed by atoms with Gasteiger partial charge in [0, 0.05) is 11.6 Å². The van der Waals surface area contributed by atoms with Crippen LogP contribution < -0.4 is 26.9 Å². The quantitative estimate of drug-likeness (QED) is 0.317. The van der Waals surface area contributed by atoms with Crippen molar-refractivity contribution in [3.63, 3.8) is 0 Å². The average Bonchev–Trinajstić information content (AvgIpc) is 2.92. The van der Waals surface area contributed by atoms with E-state index in [1.165, 1.54) is 18.2 Å². The fourth-order valence-corrected chi connectivity index (χ4v) is 4.31. The molecule has 0 fully saturated rings. The van der Waals surface area contributed by atoms with Crippen molar-refractivity contribution in [3.8, 4) is 23.4 Å². The van der Waals surface area contributed by atoms with E-state index in [0.29, 0.717) is 0 Å². The number of rotatable bonds is 9. The number of nitriles is 1. The summed E-state index contributed by atoms with van der Waals surface area (Å²) < 4.78 is 18.0. The van der Waals surface area contributed by atoms with Crippen LogP contribution in [0.25, 0.3) is 5.69 Å². The van der Waals surface area contributed by atoms with Gasteiger partial charge < -0.3 is 19.5 Å². The number of carbonyl (C=O) groups excluding carboxylic acids is 2. The van der Waals surface area contributed by atoms with Crippen molar-refractivity contribution >= 4 is 35.3 Å². The van der Waals surface area contributed by atoms with E-state index < -0.39 is 52.9 Å². The molecule has 0 aliphatic heterocycles. The Bertz CT molecular complexity index is 1810. The molecule has 0 bridgehead atoms. The van der Waals surface area contributed by atoms with Gasteiger partial charge in [-0.1, -0.05) is 50.9 Å². The maximum absolute atomic E-state index is 13.1. The van der Waals surface area contributed by atoms with Crippen molar-refractivity contribution < 1.29 is 23.8 Å². The zero-order valence-corrected chi connectivity index (χ0v) is 26.9. The van der Waals surface area contributed by atoms with Crippen LogP contribution in [0.5, 0.6) is 11.6 Å². The van der Waals surface area contributed by atoms with Crippen LogP contribution >= 0.6 is 23.2 Å². The maximum atomic E-state index is 13.1. The van der Waals surface area contributed by atoms with E-state index in [9.17, 15) is 24.0 Å². The lowest BCUT2D eigenvalue weighted by atomic mass is 10.1. The predicted molar refractivity (Wildman–Crippen MR) is 162 cm³/mol. The summed E-state index contributed by atoms with van der Waals surface area (Å²) in [6.45, 7) is 11.3. The summed E-state index contributed by atoms with van der Waals surface area (Å²) in [6, 6.07) is 4.38. The second-order valence-electron chi connectivity index (χ2n) is 11.3. The van der Waals surface area contributed by atoms with Crippen LogP contribution in [-0.4, -0.2) is 48.3 Å². The second kappa shape index (κ2) is 14.0. The van der Waals surface area contributed by atoms with Crippen LogP contribution in [0.3, 0.4) is 0 Å². The van der Waals surface area contributed by atoms with Gasteiger partial charge in [-0.2, -0.15) is 14.6 Å². The molecule has 45 heavy (non-hydrogen) atoms. The number of nitrogens with one attached hydrogen (secondary N) is 2. The van der Waals surface area contributed by atoms with Gasteiger partial charge in [-0.3, -0.25) is 14.6 Å². The van der Waals surface area contributed by atoms with Gasteiger partial charge in [0.25, 0.3) is 11.1 Å². The summed E-state index contributed by atoms with van der Waals surface area (Å²) in [4.78, 5) is 64.3. The highest BCUT2D eigenvalue weighted by atomic mass is 35.5. The Morgan fingerprint density at radius 3 is 2.22 bits per heavy atom. The Hall–Kier alpha value is -4.68. The first kappa shape index (κ1) is 34.8. The number of benzene rings is 1. The first-order chi connectivity index (χ1) is 20.9. The Labute approximate surface area is 266 Å². The van der Waals surface area contributed by atoms with Gasteiger partial charge >= 0.3 is 17.8 Å². The smallest absolute Gasteiger partial charge is 0.408 e. The summed E-state index contributed by atoms with van der Waals surface area (Å²) in [5.41, 5.74) is -3.52. The minimum Gasteiger partial charge on any atom is -0.444 e. The van der Waals surface area contributed by atoms with Crippen molar-refractivity contribution in [3.05, 3.63) is 70.7 Å². The topological polar surface area (TPSA) is 200 Å². The molecule has 1 aromatic carbocycles. The molecule has 0 aliphatic rings. The molecule has 15 nitrogen and oxygen atoms in total. The Morgan fingerprint density at radius 2 is 1.69 bits per heavy atom. The van der Waals surface area contributed by atoms with E-state index in [2.05, 4.69) is 15.5 Å². The molecule has 2 aromatic heterocycles. The molecule has 1 unspecified atom stereocenters. The van der Waals surface area contributed by atoms with Crippen LogP contribution in [0.1, 0.15) is 65.6 Å². The van der Waals surface area contributed by atoms with Crippen molar-refractivity contribution in [1.82, 2.24) is 29.9 Å². The molecule has 240 valence electrons. The maximum Gasteiger partial charge on any atom is 0.408 e. The van der Waals surface area contributed by atoms with Gasteiger partial charge in [0.15, 0.2) is 12.5 Å². The number of H-pyrrole nitrogens is 1. The van der Waals surface area contributed by atoms with Crippen LogP contribution in [0, 0.1) is 17.2 Å². The van der Waals surface area contributed by atoms with E-state index in [4.69, 9.17) is 42.7 Å². The third-order valence-corrected chi connectivity index (χ3v) is 6.45. The fourth-order valence-electron chi connectivity index (χ4n) is 3.75. The molecule has 0 spiro atoms. The number of halogens is 2. The number of amides is 1. The average molecular weight is 665 g/mol. The normalized spacial score (nSPS) is 12.0. The number of hydrogen-bond acceptors (Lipinski definition) is 11. The number of aromatic amines is 1. The third-order valence-electron chi connectivity index (χ3n) is 5.89. The number of ether oxygens (including phenoxy) is 3. The molecule has 2 heterocycles. The van der Waals surface area contributed by atoms with E-state index in [1.807, 2.05) is 4.98 Å². The molecule has 0 saturated heterocycles. The lowest BCUT2D eigenvalue weighted by molar-refractivity contribution is -0.151. The summed E-state index contributed by atoms with van der Waals surface area (Å²) in [5, 5.41) is 19.2. The Morgan fingerprint density at radius 1 is 1.07 bits per heavy atom. The van der Waals surface area contributed by atoms with Gasteiger partial charge in [0.05, 0.1) is 15.7 Å². The Balaban J connectivity index is 1.91. The van der Waals surface area contributed by atoms with Crippen LogP contribution in [0.2, 0.25) is 10.0 Å². The summed E-state index contributed by atoms with van der Waals surface area (Å²) in [7, 11) is 0. The SMILES string of the molecule is CC(C)c1cc(Oc2c(Cl)cc(-n3nc(C#N)c(=O)[nH]c3=O)cc2Cl)nn(COC(=O)C(NC(=O)OC(C)(C)C)C(C)C)c1=O. The number of carbonyl (C=O) groups is 2. The zero-order chi connectivity index (χ0) is 33.8. The first-order valence-electron chi connectivity index (χ1n) is 13.5. The van der Waals surface area contributed by atoms with Crippen molar-refractivity contribution in [2.24, 2.45) is 5.92 Å². The van der Waals surface area contributed by atoms with E-state index in [0.717, 1.165) is 9.36 Å². The molecule has 3 rings (SSSR count).